The fraction of sp³-hybridized carbons (Fsp3) is 1.00. The van der Waals surface area contributed by atoms with Gasteiger partial charge in [0.1, 0.15) is 19.6 Å². The van der Waals surface area contributed by atoms with Gasteiger partial charge in [0, 0.05) is 0 Å². The van der Waals surface area contributed by atoms with Crippen molar-refractivity contribution in [3.05, 3.63) is 0 Å². The molecule has 0 spiro atoms. The minimum Gasteiger partial charge on any atom is -0.377 e. The van der Waals surface area contributed by atoms with Crippen LogP contribution in [0.3, 0.4) is 0 Å². The van der Waals surface area contributed by atoms with E-state index in [4.69, 9.17) is 18.9 Å². The second-order valence-electron chi connectivity index (χ2n) is 5.73. The second-order valence-corrected chi connectivity index (χ2v) is 5.73. The molecule has 6 nitrogen and oxygen atoms in total. The summed E-state index contributed by atoms with van der Waals surface area (Å²) in [6.07, 6.45) is -11.7. The molecule has 1 heterocycles. The van der Waals surface area contributed by atoms with Crippen LogP contribution < -0.4 is 4.90 Å². The molecule has 0 atom stereocenters. The molecule has 0 saturated carbocycles. The third-order valence-electron chi connectivity index (χ3n) is 3.76. The number of rotatable bonds is 2. The Bertz CT molecular complexity index is 363. The van der Waals surface area contributed by atoms with Crippen molar-refractivity contribution in [3.8, 4) is 0 Å². The maximum absolute atomic E-state index is 12.9. The number of nitrogens with one attached hydrogen (secondary N) is 1. The van der Waals surface area contributed by atoms with E-state index in [9.17, 15) is 31.4 Å². The van der Waals surface area contributed by atoms with Crippen molar-refractivity contribution in [1.82, 2.24) is 0 Å². The summed E-state index contributed by atoms with van der Waals surface area (Å²) in [5, 5.41) is 9.35. The highest BCUT2D eigenvalue weighted by atomic mass is 19.4. The summed E-state index contributed by atoms with van der Waals surface area (Å²) in [6.45, 7) is -0.645. The summed E-state index contributed by atoms with van der Waals surface area (Å²) in [4.78, 5) is -0.140. The lowest BCUT2D eigenvalue weighted by molar-refractivity contribution is -0.911. The lowest BCUT2D eigenvalue weighted by Gasteiger charge is -2.34. The van der Waals surface area contributed by atoms with Crippen LogP contribution in [0.15, 0.2) is 0 Å². The SMILES string of the molecule is OC(C[NH+]1CCOCCOCCOCCOCC1)(C(F)(F)F)C(F)(F)F. The predicted molar refractivity (Wildman–Crippen MR) is 75.9 cm³/mol. The number of quaternary nitrogens is 1. The molecule has 1 aliphatic rings. The van der Waals surface area contributed by atoms with Gasteiger partial charge >= 0.3 is 18.0 Å². The largest absolute Gasteiger partial charge is 0.432 e. The van der Waals surface area contributed by atoms with Gasteiger partial charge in [0.25, 0.3) is 0 Å². The first-order valence-electron chi connectivity index (χ1n) is 8.08. The van der Waals surface area contributed by atoms with E-state index in [-0.39, 0.29) is 57.6 Å². The molecule has 0 aromatic heterocycles. The van der Waals surface area contributed by atoms with Crippen LogP contribution in [0.2, 0.25) is 0 Å². The molecule has 0 aromatic carbocycles. The van der Waals surface area contributed by atoms with Crippen LogP contribution in [-0.4, -0.2) is 95.5 Å². The van der Waals surface area contributed by atoms with Crippen LogP contribution in [0, 0.1) is 0 Å². The normalized spacial score (nSPS) is 21.8. The van der Waals surface area contributed by atoms with Gasteiger partial charge in [0.15, 0.2) is 0 Å². The van der Waals surface area contributed by atoms with Gasteiger partial charge in [-0.25, -0.2) is 0 Å². The summed E-state index contributed by atoms with van der Waals surface area (Å²) in [5.41, 5.74) is -4.80. The molecule has 2 N–H and O–H groups in total. The molecule has 0 unspecified atom stereocenters. The van der Waals surface area contributed by atoms with E-state index >= 15 is 0 Å². The van der Waals surface area contributed by atoms with Crippen LogP contribution in [0.5, 0.6) is 0 Å². The van der Waals surface area contributed by atoms with E-state index in [0.717, 1.165) is 0 Å². The number of ether oxygens (including phenoxy) is 4. The molecule has 0 radical (unpaired) electrons. The molecule has 156 valence electrons. The Kier molecular flexibility index (Phi) is 9.55. The average Bonchev–Trinajstić information content (AvgIpc) is 2.52. The first kappa shape index (κ1) is 23.4. The van der Waals surface area contributed by atoms with E-state index in [1.165, 1.54) is 0 Å². The number of hydrogen-bond donors (Lipinski definition) is 2. The summed E-state index contributed by atoms with van der Waals surface area (Å²) in [6, 6.07) is 0. The summed E-state index contributed by atoms with van der Waals surface area (Å²) in [7, 11) is 0. The molecule has 1 aliphatic heterocycles. The van der Waals surface area contributed by atoms with Crippen molar-refractivity contribution in [2.45, 2.75) is 18.0 Å². The molecule has 1 rings (SSSR count). The molecule has 1 fully saturated rings. The monoisotopic (exact) mass is 400 g/mol. The highest BCUT2D eigenvalue weighted by Crippen LogP contribution is 2.42. The zero-order valence-corrected chi connectivity index (χ0v) is 14.1. The fourth-order valence-corrected chi connectivity index (χ4v) is 2.22. The molecular weight excluding hydrogens is 376 g/mol. The molecule has 12 heteroatoms. The number of alkyl halides is 6. The Hall–Kier alpha value is -0.660. The van der Waals surface area contributed by atoms with E-state index in [1.54, 1.807) is 0 Å². The topological polar surface area (TPSA) is 61.6 Å². The van der Waals surface area contributed by atoms with Crippen LogP contribution in [-0.2, 0) is 18.9 Å². The lowest BCUT2D eigenvalue weighted by atomic mass is 10.0. The van der Waals surface area contributed by atoms with Crippen molar-refractivity contribution >= 4 is 0 Å². The minimum absolute atomic E-state index is 0.0824. The lowest BCUT2D eigenvalue weighted by Crippen LogP contribution is -3.15. The Morgan fingerprint density at radius 1 is 0.615 bits per heavy atom. The van der Waals surface area contributed by atoms with Crippen LogP contribution in [0.25, 0.3) is 0 Å². The first-order chi connectivity index (χ1) is 12.1. The van der Waals surface area contributed by atoms with E-state index in [0.29, 0.717) is 13.2 Å². The van der Waals surface area contributed by atoms with Gasteiger partial charge < -0.3 is 29.0 Å². The molecule has 1 saturated heterocycles. The Morgan fingerprint density at radius 3 is 1.23 bits per heavy atom. The van der Waals surface area contributed by atoms with Crippen molar-refractivity contribution in [3.63, 3.8) is 0 Å². The predicted octanol–water partition coefficient (Wildman–Crippen LogP) is -0.193. The molecule has 0 aromatic rings. The molecule has 0 aliphatic carbocycles. The molecule has 0 amide bonds. The summed E-state index contributed by atoms with van der Waals surface area (Å²) >= 11 is 0. The van der Waals surface area contributed by atoms with Crippen molar-refractivity contribution in [1.29, 1.82) is 0 Å². The second kappa shape index (κ2) is 10.6. The number of hydrogen-bond acceptors (Lipinski definition) is 5. The van der Waals surface area contributed by atoms with Crippen LogP contribution in [0.1, 0.15) is 0 Å². The Morgan fingerprint density at radius 2 is 0.923 bits per heavy atom. The summed E-state index contributed by atoms with van der Waals surface area (Å²) in [5.74, 6) is 0. The quantitative estimate of drug-likeness (QED) is 0.630. The molecule has 26 heavy (non-hydrogen) atoms. The third kappa shape index (κ3) is 7.53. The number of halogens is 6. The molecule has 0 bridgehead atoms. The van der Waals surface area contributed by atoms with Crippen molar-refractivity contribution < 1.29 is 55.3 Å². The molecular formula is C14H24F6NO5+. The zero-order chi connectivity index (χ0) is 19.7. The minimum atomic E-state index is -5.85. The smallest absolute Gasteiger partial charge is 0.377 e. The zero-order valence-electron chi connectivity index (χ0n) is 14.1. The van der Waals surface area contributed by atoms with Crippen LogP contribution in [0.4, 0.5) is 26.3 Å². The van der Waals surface area contributed by atoms with Crippen molar-refractivity contribution in [2.75, 3.05) is 72.5 Å². The van der Waals surface area contributed by atoms with Crippen molar-refractivity contribution in [2.24, 2.45) is 0 Å². The van der Waals surface area contributed by atoms with Gasteiger partial charge in [-0.15, -0.1) is 0 Å². The maximum Gasteiger partial charge on any atom is 0.432 e. The van der Waals surface area contributed by atoms with Gasteiger partial charge in [-0.2, -0.15) is 26.3 Å². The maximum atomic E-state index is 12.9. The van der Waals surface area contributed by atoms with Gasteiger partial charge in [0.05, 0.1) is 52.9 Å². The Labute approximate surface area is 146 Å². The highest BCUT2D eigenvalue weighted by Gasteiger charge is 2.72. The van der Waals surface area contributed by atoms with Gasteiger partial charge in [-0.3, -0.25) is 0 Å². The van der Waals surface area contributed by atoms with Gasteiger partial charge in [-0.05, 0) is 0 Å². The average molecular weight is 400 g/mol. The first-order valence-corrected chi connectivity index (χ1v) is 8.08. The number of aliphatic hydroxyl groups is 1. The van der Waals surface area contributed by atoms with Gasteiger partial charge in [-0.1, -0.05) is 0 Å². The fourth-order valence-electron chi connectivity index (χ4n) is 2.22. The Balaban J connectivity index is 2.73. The van der Waals surface area contributed by atoms with E-state index < -0.39 is 24.5 Å². The van der Waals surface area contributed by atoms with E-state index in [2.05, 4.69) is 0 Å². The summed E-state index contributed by atoms with van der Waals surface area (Å²) < 4.78 is 97.8. The highest BCUT2D eigenvalue weighted by molar-refractivity contribution is 4.93. The standard InChI is InChI=1S/C14H23F6NO5/c15-13(16,17)12(22,14(18,19)20)11-21-1-3-23-5-7-25-9-10-26-8-6-24-4-2-21/h22H,1-11H2/p+1. The van der Waals surface area contributed by atoms with Crippen LogP contribution >= 0.6 is 0 Å². The van der Waals surface area contributed by atoms with E-state index in [1.807, 2.05) is 0 Å². The van der Waals surface area contributed by atoms with Gasteiger partial charge in [0.2, 0.25) is 0 Å². The third-order valence-corrected chi connectivity index (χ3v) is 3.76.